The molecule has 5 rings (SSSR count). The number of methoxy groups -OCH3 is 2. The molecule has 2 heterocycles. The number of rotatable bonds is 10. The zero-order valence-corrected chi connectivity index (χ0v) is 22.5. The van der Waals surface area contributed by atoms with Crippen LogP contribution in [0.5, 0.6) is 17.2 Å². The van der Waals surface area contributed by atoms with Crippen molar-refractivity contribution in [3.8, 4) is 17.2 Å². The van der Waals surface area contributed by atoms with Crippen LogP contribution in [-0.4, -0.2) is 58.0 Å². The van der Waals surface area contributed by atoms with E-state index in [1.165, 1.54) is 5.39 Å². The van der Waals surface area contributed by atoms with E-state index in [-0.39, 0.29) is 5.91 Å². The number of carbonyl (C=O) groups is 1. The van der Waals surface area contributed by atoms with E-state index in [1.807, 2.05) is 79.0 Å². The predicted octanol–water partition coefficient (Wildman–Crippen LogP) is 4.86. The fraction of sp³-hybridized carbons (Fsp3) is 0.290. The van der Waals surface area contributed by atoms with Gasteiger partial charge in [0.1, 0.15) is 17.2 Å². The highest BCUT2D eigenvalue weighted by Crippen LogP contribution is 2.21. The first-order valence-corrected chi connectivity index (χ1v) is 13.0. The van der Waals surface area contributed by atoms with Crippen molar-refractivity contribution < 1.29 is 23.7 Å². The smallest absolute Gasteiger partial charge is 0.240 e. The summed E-state index contributed by atoms with van der Waals surface area (Å²) in [4.78, 5) is 17.7. The van der Waals surface area contributed by atoms with Crippen molar-refractivity contribution in [2.45, 2.75) is 13.0 Å². The average Bonchev–Trinajstić information content (AvgIpc) is 3.00. The van der Waals surface area contributed by atoms with E-state index in [2.05, 4.69) is 10.3 Å². The Morgan fingerprint density at radius 3 is 2.51 bits per heavy atom. The van der Waals surface area contributed by atoms with Crippen molar-refractivity contribution in [1.82, 2.24) is 10.3 Å². The topological polar surface area (TPSA) is 82.2 Å². The number of para-hydroxylation sites is 1. The molecular formula is C31H35N3O5. The Morgan fingerprint density at radius 1 is 0.897 bits per heavy atom. The highest BCUT2D eigenvalue weighted by molar-refractivity contribution is 5.95. The molecule has 0 aliphatic carbocycles. The van der Waals surface area contributed by atoms with Gasteiger partial charge >= 0.3 is 0 Å². The Morgan fingerprint density at radius 2 is 1.72 bits per heavy atom. The third kappa shape index (κ3) is 8.17. The molecule has 0 radical (unpaired) electrons. The minimum Gasteiger partial charge on any atom is -0.497 e. The van der Waals surface area contributed by atoms with Crippen LogP contribution in [0.4, 0.5) is 5.69 Å². The van der Waals surface area contributed by atoms with Crippen molar-refractivity contribution >= 4 is 22.4 Å². The van der Waals surface area contributed by atoms with Gasteiger partial charge in [-0.1, -0.05) is 24.3 Å². The van der Waals surface area contributed by atoms with Gasteiger partial charge in [0, 0.05) is 48.5 Å². The molecule has 1 aliphatic rings. The van der Waals surface area contributed by atoms with Crippen molar-refractivity contribution in [2.24, 2.45) is 0 Å². The third-order valence-corrected chi connectivity index (χ3v) is 6.24. The van der Waals surface area contributed by atoms with Crippen LogP contribution in [0.1, 0.15) is 12.0 Å². The van der Waals surface area contributed by atoms with E-state index in [0.29, 0.717) is 32.9 Å². The number of ether oxygens (including phenoxy) is 4. The lowest BCUT2D eigenvalue weighted by Crippen LogP contribution is -2.48. The van der Waals surface area contributed by atoms with Crippen molar-refractivity contribution in [2.75, 3.05) is 52.0 Å². The third-order valence-electron chi connectivity index (χ3n) is 6.24. The van der Waals surface area contributed by atoms with Gasteiger partial charge in [-0.2, -0.15) is 0 Å². The minimum atomic E-state index is 0.0992. The summed E-state index contributed by atoms with van der Waals surface area (Å²) in [5.41, 5.74) is 1.95. The number of aromatic nitrogens is 1. The first kappa shape index (κ1) is 27.9. The first-order valence-electron chi connectivity index (χ1n) is 13.0. The summed E-state index contributed by atoms with van der Waals surface area (Å²) in [6, 6.07) is 23.4. The summed E-state index contributed by atoms with van der Waals surface area (Å²) < 4.78 is 21.9. The lowest BCUT2D eigenvalue weighted by molar-refractivity contribution is -0.118. The van der Waals surface area contributed by atoms with E-state index in [9.17, 15) is 4.79 Å². The van der Waals surface area contributed by atoms with Crippen LogP contribution in [-0.2, 0) is 16.1 Å². The highest BCUT2D eigenvalue weighted by atomic mass is 16.5. The maximum absolute atomic E-state index is 11.9. The number of pyridine rings is 1. The number of amides is 1. The molecule has 1 amide bonds. The van der Waals surface area contributed by atoms with Crippen LogP contribution in [0.2, 0.25) is 0 Å². The molecule has 8 heteroatoms. The molecule has 1 aromatic heterocycles. The number of hydrogen-bond donors (Lipinski definition) is 1. The van der Waals surface area contributed by atoms with Gasteiger partial charge in [0.25, 0.3) is 0 Å². The molecule has 8 nitrogen and oxygen atoms in total. The van der Waals surface area contributed by atoms with Gasteiger partial charge in [0.05, 0.1) is 40.6 Å². The van der Waals surface area contributed by atoms with Crippen LogP contribution < -0.4 is 24.4 Å². The molecule has 1 fully saturated rings. The Kier molecular flexibility index (Phi) is 10.5. The summed E-state index contributed by atoms with van der Waals surface area (Å²) in [5.74, 6) is 2.61. The molecule has 0 unspecified atom stereocenters. The molecule has 0 spiro atoms. The van der Waals surface area contributed by atoms with Gasteiger partial charge in [-0.3, -0.25) is 9.78 Å². The molecule has 1 N–H and O–H groups in total. The van der Waals surface area contributed by atoms with Crippen LogP contribution in [0.25, 0.3) is 10.8 Å². The molecule has 1 aliphatic heterocycles. The number of hydrogen-bond acceptors (Lipinski definition) is 7. The zero-order chi connectivity index (χ0) is 27.3. The van der Waals surface area contributed by atoms with Crippen molar-refractivity contribution in [1.29, 1.82) is 0 Å². The van der Waals surface area contributed by atoms with Gasteiger partial charge in [-0.05, 0) is 53.9 Å². The van der Waals surface area contributed by atoms with Crippen LogP contribution in [0, 0.1) is 0 Å². The zero-order valence-electron chi connectivity index (χ0n) is 22.5. The molecule has 3 aromatic carbocycles. The summed E-state index contributed by atoms with van der Waals surface area (Å²) >= 11 is 0. The molecular weight excluding hydrogens is 494 g/mol. The van der Waals surface area contributed by atoms with Gasteiger partial charge in [0.15, 0.2) is 0 Å². The summed E-state index contributed by atoms with van der Waals surface area (Å²) in [6.45, 7) is 3.63. The van der Waals surface area contributed by atoms with Crippen LogP contribution in [0.15, 0.2) is 85.2 Å². The Labute approximate surface area is 229 Å². The number of nitrogens with zero attached hydrogens (tertiary/aromatic N) is 2. The molecule has 1 saturated heterocycles. The van der Waals surface area contributed by atoms with Gasteiger partial charge in [0.2, 0.25) is 5.91 Å². The van der Waals surface area contributed by atoms with Gasteiger partial charge < -0.3 is 29.2 Å². The summed E-state index contributed by atoms with van der Waals surface area (Å²) in [5, 5.41) is 5.37. The second-order valence-electron chi connectivity index (χ2n) is 8.87. The first-order chi connectivity index (χ1) is 19.2. The standard InChI is InChI=1S/C21H26N2O4.C10H9NO/c1-25-20-6-3-2-5-17(20)16-26-13-4-14-27-19-9-7-18(8-10-19)23-12-11-22-15-21(23)24;1-12-10-3-2-8-4-5-11-7-9(8)6-10/h2-3,5-10,22H,4,11-16H2,1H3;2-7H,1H3. The number of carbonyl (C=O) groups excluding carboxylic acids is 1. The van der Waals surface area contributed by atoms with Crippen LogP contribution in [0.3, 0.4) is 0 Å². The van der Waals surface area contributed by atoms with Crippen molar-refractivity contribution in [3.63, 3.8) is 0 Å². The Balaban J connectivity index is 0.000000243. The van der Waals surface area contributed by atoms with E-state index < -0.39 is 0 Å². The second-order valence-corrected chi connectivity index (χ2v) is 8.87. The number of fused-ring (bicyclic) bond motifs is 1. The summed E-state index contributed by atoms with van der Waals surface area (Å²) in [7, 11) is 3.33. The van der Waals surface area contributed by atoms with E-state index in [1.54, 1.807) is 25.3 Å². The number of anilines is 1. The Hall–Kier alpha value is -4.14. The molecule has 0 atom stereocenters. The maximum atomic E-state index is 11.9. The van der Waals surface area contributed by atoms with E-state index >= 15 is 0 Å². The highest BCUT2D eigenvalue weighted by Gasteiger charge is 2.18. The van der Waals surface area contributed by atoms with Crippen molar-refractivity contribution in [3.05, 3.63) is 90.8 Å². The molecule has 204 valence electrons. The van der Waals surface area contributed by atoms with Gasteiger partial charge in [-0.25, -0.2) is 0 Å². The monoisotopic (exact) mass is 529 g/mol. The fourth-order valence-electron chi connectivity index (χ4n) is 4.15. The number of benzene rings is 3. The number of piperazine rings is 1. The predicted molar refractivity (Wildman–Crippen MR) is 153 cm³/mol. The SMILES string of the molecule is COc1ccc2ccncc2c1.COc1ccccc1COCCCOc1ccc(N2CCNCC2=O)cc1. The summed E-state index contributed by atoms with van der Waals surface area (Å²) in [6.07, 6.45) is 4.42. The average molecular weight is 530 g/mol. The van der Waals surface area contributed by atoms with Gasteiger partial charge in [-0.15, -0.1) is 0 Å². The Bertz CT molecular complexity index is 1330. The second kappa shape index (κ2) is 14.7. The largest absolute Gasteiger partial charge is 0.497 e. The van der Waals surface area contributed by atoms with Crippen LogP contribution >= 0.6 is 0 Å². The van der Waals surface area contributed by atoms with E-state index in [0.717, 1.165) is 46.9 Å². The maximum Gasteiger partial charge on any atom is 0.240 e. The fourth-order valence-corrected chi connectivity index (χ4v) is 4.15. The van der Waals surface area contributed by atoms with E-state index in [4.69, 9.17) is 18.9 Å². The molecule has 0 saturated carbocycles. The normalized spacial score (nSPS) is 13.0. The molecule has 4 aromatic rings. The molecule has 39 heavy (non-hydrogen) atoms. The number of nitrogens with one attached hydrogen (secondary N) is 1. The minimum absolute atomic E-state index is 0.0992. The molecule has 0 bridgehead atoms. The quantitative estimate of drug-likeness (QED) is 0.294. The lowest BCUT2D eigenvalue weighted by atomic mass is 10.2. The lowest BCUT2D eigenvalue weighted by Gasteiger charge is -2.27.